The molecule has 0 spiro atoms. The zero-order valence-electron chi connectivity index (χ0n) is 17.5. The predicted molar refractivity (Wildman–Crippen MR) is 119 cm³/mol. The third kappa shape index (κ3) is 2.98. The van der Waals surface area contributed by atoms with Gasteiger partial charge in [0, 0.05) is 28.7 Å². The third-order valence-electron chi connectivity index (χ3n) is 6.50. The highest BCUT2D eigenvalue weighted by molar-refractivity contribution is 6.30. The Morgan fingerprint density at radius 2 is 2.00 bits per heavy atom. The minimum Gasteiger partial charge on any atom is -0.317 e. The van der Waals surface area contributed by atoms with Gasteiger partial charge < -0.3 is 9.88 Å². The van der Waals surface area contributed by atoms with E-state index in [1.165, 1.54) is 0 Å². The lowest BCUT2D eigenvalue weighted by atomic mass is 10.1. The highest BCUT2D eigenvalue weighted by Gasteiger charge is 2.51. The number of alkyl halides is 2. The molecule has 2 aromatic carbocycles. The molecule has 10 heteroatoms. The standard InChI is InChI=1S/C23H18ClF2N5O2/c1-11-8-18-16(10-15(11)21(33)30-7-6-12-9-14(24)4-5-17(12)30)27-20(32)19-28-29-22(31(18)19)23(25,26)13-2-3-13/h4-5,8-10,13H,2-3,6-7H2,1H3,(H,27,32). The highest BCUT2D eigenvalue weighted by Crippen LogP contribution is 2.49. The summed E-state index contributed by atoms with van der Waals surface area (Å²) in [4.78, 5) is 30.4. The number of anilines is 1. The Morgan fingerprint density at radius 1 is 1.21 bits per heavy atom. The van der Waals surface area contributed by atoms with Gasteiger partial charge in [0.15, 0.2) is 0 Å². The van der Waals surface area contributed by atoms with Gasteiger partial charge in [0.05, 0.1) is 11.0 Å². The average Bonchev–Trinajstić information content (AvgIpc) is 3.41. The van der Waals surface area contributed by atoms with E-state index in [9.17, 15) is 18.4 Å². The molecule has 4 aromatic rings. The molecule has 2 aliphatic rings. The van der Waals surface area contributed by atoms with E-state index in [2.05, 4.69) is 15.2 Å². The minimum absolute atomic E-state index is 0.193. The molecule has 1 amide bonds. The van der Waals surface area contributed by atoms with Crippen LogP contribution in [0.2, 0.25) is 5.02 Å². The van der Waals surface area contributed by atoms with Crippen LogP contribution in [0.15, 0.2) is 35.1 Å². The van der Waals surface area contributed by atoms with E-state index >= 15 is 0 Å². The van der Waals surface area contributed by atoms with Crippen LogP contribution in [0.25, 0.3) is 16.7 Å². The summed E-state index contributed by atoms with van der Waals surface area (Å²) in [6.45, 7) is 2.25. The number of nitrogens with zero attached hydrogens (tertiary/aromatic N) is 4. The van der Waals surface area contributed by atoms with Crippen molar-refractivity contribution in [1.29, 1.82) is 0 Å². The van der Waals surface area contributed by atoms with Gasteiger partial charge in [0.25, 0.3) is 11.5 Å². The van der Waals surface area contributed by atoms with E-state index in [1.807, 2.05) is 12.1 Å². The van der Waals surface area contributed by atoms with Gasteiger partial charge in [-0.15, -0.1) is 10.2 Å². The molecule has 1 aliphatic carbocycles. The molecule has 1 N–H and O–H groups in total. The van der Waals surface area contributed by atoms with Crippen molar-refractivity contribution in [2.24, 2.45) is 5.92 Å². The van der Waals surface area contributed by atoms with Crippen LogP contribution in [0.5, 0.6) is 0 Å². The number of aryl methyl sites for hydroxylation is 1. The zero-order chi connectivity index (χ0) is 23.1. The fourth-order valence-corrected chi connectivity index (χ4v) is 4.81. The molecule has 0 radical (unpaired) electrons. The fourth-order valence-electron chi connectivity index (χ4n) is 4.62. The summed E-state index contributed by atoms with van der Waals surface area (Å²) in [7, 11) is 0. The van der Waals surface area contributed by atoms with Gasteiger partial charge in [-0.05, 0) is 67.6 Å². The van der Waals surface area contributed by atoms with Crippen molar-refractivity contribution in [3.63, 3.8) is 0 Å². The Labute approximate surface area is 191 Å². The first-order chi connectivity index (χ1) is 15.8. The first-order valence-corrected chi connectivity index (χ1v) is 11.0. The molecule has 6 rings (SSSR count). The molecular formula is C23H18ClF2N5O2. The van der Waals surface area contributed by atoms with Crippen molar-refractivity contribution in [3.8, 4) is 0 Å². The number of halogens is 3. The van der Waals surface area contributed by atoms with Gasteiger partial charge in [-0.1, -0.05) is 11.6 Å². The molecule has 1 saturated carbocycles. The van der Waals surface area contributed by atoms with Crippen LogP contribution < -0.4 is 10.5 Å². The molecule has 1 fully saturated rings. The third-order valence-corrected chi connectivity index (χ3v) is 6.73. The van der Waals surface area contributed by atoms with Gasteiger partial charge in [-0.3, -0.25) is 14.0 Å². The summed E-state index contributed by atoms with van der Waals surface area (Å²) in [5.74, 6) is -4.77. The quantitative estimate of drug-likeness (QED) is 0.486. The average molecular weight is 470 g/mol. The van der Waals surface area contributed by atoms with Gasteiger partial charge >= 0.3 is 5.92 Å². The number of hydrogen-bond acceptors (Lipinski definition) is 4. The molecule has 2 aromatic heterocycles. The van der Waals surface area contributed by atoms with Crippen molar-refractivity contribution in [2.45, 2.75) is 32.1 Å². The summed E-state index contributed by atoms with van der Waals surface area (Å²) < 4.78 is 31.0. The fraction of sp³-hybridized carbons (Fsp3) is 0.304. The number of aromatic amines is 1. The zero-order valence-corrected chi connectivity index (χ0v) is 18.3. The van der Waals surface area contributed by atoms with Crippen molar-refractivity contribution in [1.82, 2.24) is 19.6 Å². The lowest BCUT2D eigenvalue weighted by molar-refractivity contribution is -0.0381. The van der Waals surface area contributed by atoms with Crippen LogP contribution in [-0.4, -0.2) is 32.0 Å². The SMILES string of the molecule is Cc1cc2c(cc1C(=O)N1CCc3cc(Cl)ccc31)[nH]c(=O)c1nnc(C(F)(F)C3CC3)n12. The van der Waals surface area contributed by atoms with Crippen molar-refractivity contribution in [2.75, 3.05) is 11.4 Å². The van der Waals surface area contributed by atoms with Crippen LogP contribution in [0, 0.1) is 12.8 Å². The molecular weight excluding hydrogens is 452 g/mol. The first-order valence-electron chi connectivity index (χ1n) is 10.7. The summed E-state index contributed by atoms with van der Waals surface area (Å²) in [6, 6.07) is 8.56. The number of carbonyl (C=O) groups excluding carboxylic acids is 1. The van der Waals surface area contributed by atoms with E-state index in [0.29, 0.717) is 47.5 Å². The van der Waals surface area contributed by atoms with Crippen molar-refractivity contribution >= 4 is 39.9 Å². The number of fused-ring (bicyclic) bond motifs is 4. The highest BCUT2D eigenvalue weighted by atomic mass is 35.5. The topological polar surface area (TPSA) is 83.4 Å². The maximum Gasteiger partial charge on any atom is 0.309 e. The minimum atomic E-state index is -3.19. The summed E-state index contributed by atoms with van der Waals surface area (Å²) in [6.07, 6.45) is 1.50. The van der Waals surface area contributed by atoms with Gasteiger partial charge in [-0.25, -0.2) is 0 Å². The van der Waals surface area contributed by atoms with Crippen LogP contribution >= 0.6 is 11.6 Å². The van der Waals surface area contributed by atoms with Crippen molar-refractivity contribution in [3.05, 3.63) is 68.2 Å². The monoisotopic (exact) mass is 469 g/mol. The summed E-state index contributed by atoms with van der Waals surface area (Å²) >= 11 is 6.08. The molecule has 0 atom stereocenters. The molecule has 33 heavy (non-hydrogen) atoms. The number of aromatic nitrogens is 4. The van der Waals surface area contributed by atoms with E-state index in [-0.39, 0.29) is 17.1 Å². The number of rotatable bonds is 3. The molecule has 1 aliphatic heterocycles. The van der Waals surface area contributed by atoms with E-state index in [4.69, 9.17) is 11.6 Å². The van der Waals surface area contributed by atoms with E-state index in [0.717, 1.165) is 15.7 Å². The largest absolute Gasteiger partial charge is 0.317 e. The molecule has 0 saturated heterocycles. The molecule has 0 bridgehead atoms. The Morgan fingerprint density at radius 3 is 2.76 bits per heavy atom. The lowest BCUT2D eigenvalue weighted by Gasteiger charge is -2.19. The number of carbonyl (C=O) groups is 1. The van der Waals surface area contributed by atoms with Crippen molar-refractivity contribution < 1.29 is 13.6 Å². The lowest BCUT2D eigenvalue weighted by Crippen LogP contribution is -2.29. The maximum atomic E-state index is 14.9. The second-order valence-electron chi connectivity index (χ2n) is 8.70. The second kappa shape index (κ2) is 6.84. The normalized spacial score (nSPS) is 16.1. The predicted octanol–water partition coefficient (Wildman–Crippen LogP) is 4.24. The Kier molecular flexibility index (Phi) is 4.20. The maximum absolute atomic E-state index is 14.9. The number of nitrogens with one attached hydrogen (secondary N) is 1. The number of amides is 1. The van der Waals surface area contributed by atoms with Gasteiger partial charge in [0.2, 0.25) is 11.5 Å². The number of benzene rings is 2. The van der Waals surface area contributed by atoms with Gasteiger partial charge in [-0.2, -0.15) is 8.78 Å². The molecule has 3 heterocycles. The van der Waals surface area contributed by atoms with Gasteiger partial charge in [0.1, 0.15) is 0 Å². The van der Waals surface area contributed by atoms with E-state index in [1.54, 1.807) is 30.0 Å². The number of H-pyrrole nitrogens is 1. The summed E-state index contributed by atoms with van der Waals surface area (Å²) in [5.41, 5.74) is 2.51. The smallest absolute Gasteiger partial charge is 0.309 e. The number of hydrogen-bond donors (Lipinski definition) is 1. The summed E-state index contributed by atoms with van der Waals surface area (Å²) in [5, 5.41) is 8.02. The molecule has 7 nitrogen and oxygen atoms in total. The van der Waals surface area contributed by atoms with Crippen LogP contribution in [0.3, 0.4) is 0 Å². The Hall–Kier alpha value is -3.33. The van der Waals surface area contributed by atoms with Crippen LogP contribution in [0.1, 0.15) is 40.2 Å². The van der Waals surface area contributed by atoms with Crippen LogP contribution in [0.4, 0.5) is 14.5 Å². The second-order valence-corrected chi connectivity index (χ2v) is 9.13. The first kappa shape index (κ1) is 20.3. The van der Waals surface area contributed by atoms with E-state index < -0.39 is 23.2 Å². The Balaban J connectivity index is 1.51. The van der Waals surface area contributed by atoms with Crippen LogP contribution in [-0.2, 0) is 12.3 Å². The Bertz CT molecular complexity index is 1540. The molecule has 168 valence electrons. The molecule has 0 unspecified atom stereocenters.